The highest BCUT2D eigenvalue weighted by molar-refractivity contribution is 7.18. The standard InChI is InChI=1S/C14H25N5OS/c1-17(2)7-6-8-18(3)13(20)11-12(15)16-14(21-11)19-9-4-5-10-19/h4-10,15H2,1-3H3. The van der Waals surface area contributed by atoms with E-state index in [4.69, 9.17) is 5.73 Å². The molecule has 0 aliphatic carbocycles. The number of nitrogens with zero attached hydrogens (tertiary/aromatic N) is 4. The number of rotatable bonds is 6. The molecule has 1 aromatic rings. The molecule has 6 nitrogen and oxygen atoms in total. The maximum Gasteiger partial charge on any atom is 0.267 e. The van der Waals surface area contributed by atoms with E-state index in [2.05, 4.69) is 14.8 Å². The van der Waals surface area contributed by atoms with Gasteiger partial charge in [-0.25, -0.2) is 4.98 Å². The molecule has 1 aliphatic heterocycles. The second kappa shape index (κ2) is 7.09. The molecule has 2 heterocycles. The molecule has 0 bridgehead atoms. The Kier molecular flexibility index (Phi) is 5.41. The molecule has 0 aromatic carbocycles. The van der Waals surface area contributed by atoms with Gasteiger partial charge in [0, 0.05) is 26.7 Å². The lowest BCUT2D eigenvalue weighted by Crippen LogP contribution is -2.29. The topological polar surface area (TPSA) is 65.7 Å². The molecular weight excluding hydrogens is 286 g/mol. The summed E-state index contributed by atoms with van der Waals surface area (Å²) in [5, 5.41) is 0.884. The fourth-order valence-corrected chi connectivity index (χ4v) is 3.45. The number of carbonyl (C=O) groups excluding carboxylic acids is 1. The Balaban J connectivity index is 1.98. The third kappa shape index (κ3) is 4.07. The van der Waals surface area contributed by atoms with Crippen LogP contribution in [0.15, 0.2) is 0 Å². The van der Waals surface area contributed by atoms with Gasteiger partial charge >= 0.3 is 0 Å². The van der Waals surface area contributed by atoms with E-state index in [0.717, 1.165) is 37.7 Å². The van der Waals surface area contributed by atoms with E-state index in [0.29, 0.717) is 10.7 Å². The van der Waals surface area contributed by atoms with E-state index in [-0.39, 0.29) is 5.91 Å². The minimum atomic E-state index is -0.0193. The minimum absolute atomic E-state index is 0.0193. The molecular formula is C14H25N5OS. The van der Waals surface area contributed by atoms with Crippen LogP contribution in [0.4, 0.5) is 10.9 Å². The zero-order valence-electron chi connectivity index (χ0n) is 13.1. The fourth-order valence-electron chi connectivity index (χ4n) is 2.42. The van der Waals surface area contributed by atoms with Gasteiger partial charge in [-0.05, 0) is 39.9 Å². The first-order chi connectivity index (χ1) is 9.99. The summed E-state index contributed by atoms with van der Waals surface area (Å²) >= 11 is 1.42. The van der Waals surface area contributed by atoms with Crippen LogP contribution in [0.3, 0.4) is 0 Å². The Labute approximate surface area is 130 Å². The summed E-state index contributed by atoms with van der Waals surface area (Å²) in [6.07, 6.45) is 3.33. The average Bonchev–Trinajstić information content (AvgIpc) is 3.06. The van der Waals surface area contributed by atoms with Crippen molar-refractivity contribution in [2.45, 2.75) is 19.3 Å². The summed E-state index contributed by atoms with van der Waals surface area (Å²) in [4.78, 5) is 23.5. The van der Waals surface area contributed by atoms with Gasteiger partial charge in [-0.1, -0.05) is 11.3 Å². The number of nitrogens with two attached hydrogens (primary N) is 1. The van der Waals surface area contributed by atoms with E-state index >= 15 is 0 Å². The summed E-state index contributed by atoms with van der Waals surface area (Å²) in [6.45, 7) is 3.72. The third-order valence-electron chi connectivity index (χ3n) is 3.66. The van der Waals surface area contributed by atoms with E-state index in [1.165, 1.54) is 24.2 Å². The van der Waals surface area contributed by atoms with Crippen LogP contribution >= 0.6 is 11.3 Å². The molecule has 1 amide bonds. The van der Waals surface area contributed by atoms with Gasteiger partial charge in [-0.15, -0.1) is 0 Å². The predicted molar refractivity (Wildman–Crippen MR) is 88.1 cm³/mol. The SMILES string of the molecule is CN(C)CCCN(C)C(=O)c1sc(N2CCCC2)nc1N. The number of thiazole rings is 1. The van der Waals surface area contributed by atoms with Crippen molar-refractivity contribution in [3.63, 3.8) is 0 Å². The summed E-state index contributed by atoms with van der Waals surface area (Å²) < 4.78 is 0. The normalized spacial score (nSPS) is 15.0. The van der Waals surface area contributed by atoms with Crippen LogP contribution in [0.2, 0.25) is 0 Å². The first-order valence-electron chi connectivity index (χ1n) is 7.40. The average molecular weight is 311 g/mol. The predicted octanol–water partition coefficient (Wildman–Crippen LogP) is 1.35. The number of hydrogen-bond acceptors (Lipinski definition) is 6. The van der Waals surface area contributed by atoms with Crippen molar-refractivity contribution in [1.29, 1.82) is 0 Å². The van der Waals surface area contributed by atoms with Crippen molar-refractivity contribution in [2.24, 2.45) is 0 Å². The van der Waals surface area contributed by atoms with Gasteiger partial charge in [-0.3, -0.25) is 4.79 Å². The second-order valence-electron chi connectivity index (χ2n) is 5.79. The van der Waals surface area contributed by atoms with Crippen LogP contribution < -0.4 is 10.6 Å². The van der Waals surface area contributed by atoms with Crippen LogP contribution in [-0.2, 0) is 0 Å². The molecule has 0 atom stereocenters. The van der Waals surface area contributed by atoms with E-state index in [1.807, 2.05) is 21.1 Å². The maximum absolute atomic E-state index is 12.5. The molecule has 1 fully saturated rings. The van der Waals surface area contributed by atoms with E-state index in [9.17, 15) is 4.79 Å². The lowest BCUT2D eigenvalue weighted by molar-refractivity contribution is 0.0796. The van der Waals surface area contributed by atoms with Gasteiger partial charge in [-0.2, -0.15) is 0 Å². The fraction of sp³-hybridized carbons (Fsp3) is 0.714. The van der Waals surface area contributed by atoms with Gasteiger partial charge < -0.3 is 20.4 Å². The summed E-state index contributed by atoms with van der Waals surface area (Å²) in [5.74, 6) is 0.348. The van der Waals surface area contributed by atoms with Crippen LogP contribution in [0.25, 0.3) is 0 Å². The van der Waals surface area contributed by atoms with Gasteiger partial charge in [0.15, 0.2) is 5.13 Å². The smallest absolute Gasteiger partial charge is 0.267 e. The van der Waals surface area contributed by atoms with Crippen molar-refractivity contribution < 1.29 is 4.79 Å². The van der Waals surface area contributed by atoms with Gasteiger partial charge in [0.2, 0.25) is 0 Å². The molecule has 1 saturated heterocycles. The third-order valence-corrected chi connectivity index (χ3v) is 4.78. The van der Waals surface area contributed by atoms with Crippen molar-refractivity contribution >= 4 is 28.2 Å². The highest BCUT2D eigenvalue weighted by Crippen LogP contribution is 2.31. The second-order valence-corrected chi connectivity index (χ2v) is 6.77. The number of nitrogen functional groups attached to an aromatic ring is 1. The number of hydrogen-bond donors (Lipinski definition) is 1. The zero-order chi connectivity index (χ0) is 15.4. The Morgan fingerprint density at radius 1 is 1.29 bits per heavy atom. The maximum atomic E-state index is 12.5. The summed E-state index contributed by atoms with van der Waals surface area (Å²) in [5.41, 5.74) is 5.94. The van der Waals surface area contributed by atoms with Crippen LogP contribution in [-0.4, -0.2) is 68.0 Å². The van der Waals surface area contributed by atoms with Gasteiger partial charge in [0.25, 0.3) is 5.91 Å². The molecule has 0 spiro atoms. The summed E-state index contributed by atoms with van der Waals surface area (Å²) in [7, 11) is 5.89. The highest BCUT2D eigenvalue weighted by atomic mass is 32.1. The van der Waals surface area contributed by atoms with Crippen molar-refractivity contribution in [3.8, 4) is 0 Å². The molecule has 0 unspecified atom stereocenters. The first-order valence-corrected chi connectivity index (χ1v) is 8.22. The van der Waals surface area contributed by atoms with Crippen molar-refractivity contribution in [2.75, 3.05) is 58.0 Å². The quantitative estimate of drug-likeness (QED) is 0.859. The molecule has 0 saturated carbocycles. The number of carbonyl (C=O) groups is 1. The number of amides is 1. The lowest BCUT2D eigenvalue weighted by Gasteiger charge is -2.18. The zero-order valence-corrected chi connectivity index (χ0v) is 13.9. The largest absolute Gasteiger partial charge is 0.382 e. The monoisotopic (exact) mass is 311 g/mol. The molecule has 1 aromatic heterocycles. The number of anilines is 2. The molecule has 2 rings (SSSR count). The molecule has 0 radical (unpaired) electrons. The summed E-state index contributed by atoms with van der Waals surface area (Å²) in [6, 6.07) is 0. The van der Waals surface area contributed by atoms with E-state index in [1.54, 1.807) is 4.90 Å². The Hall–Kier alpha value is -1.34. The van der Waals surface area contributed by atoms with Gasteiger partial charge in [0.05, 0.1) is 0 Å². The van der Waals surface area contributed by atoms with Crippen molar-refractivity contribution in [1.82, 2.24) is 14.8 Å². The Bertz CT molecular complexity index is 482. The highest BCUT2D eigenvalue weighted by Gasteiger charge is 2.23. The Morgan fingerprint density at radius 2 is 1.95 bits per heavy atom. The molecule has 118 valence electrons. The van der Waals surface area contributed by atoms with Crippen LogP contribution in [0, 0.1) is 0 Å². The lowest BCUT2D eigenvalue weighted by atomic mass is 10.3. The Morgan fingerprint density at radius 3 is 2.57 bits per heavy atom. The first kappa shape index (κ1) is 16.0. The number of aromatic nitrogens is 1. The van der Waals surface area contributed by atoms with Crippen LogP contribution in [0.1, 0.15) is 28.9 Å². The molecule has 7 heteroatoms. The van der Waals surface area contributed by atoms with Crippen molar-refractivity contribution in [3.05, 3.63) is 4.88 Å². The van der Waals surface area contributed by atoms with Gasteiger partial charge in [0.1, 0.15) is 10.7 Å². The molecule has 21 heavy (non-hydrogen) atoms. The minimum Gasteiger partial charge on any atom is -0.382 e. The molecule has 1 aliphatic rings. The van der Waals surface area contributed by atoms with Crippen LogP contribution in [0.5, 0.6) is 0 Å². The van der Waals surface area contributed by atoms with E-state index < -0.39 is 0 Å². The molecule has 2 N–H and O–H groups in total.